The Balaban J connectivity index is 0.879. The molecule has 0 amide bonds. The van der Waals surface area contributed by atoms with Gasteiger partial charge in [-0.2, -0.15) is 0 Å². The first-order chi connectivity index (χ1) is 30.5. The van der Waals surface area contributed by atoms with Crippen molar-refractivity contribution in [1.82, 2.24) is 0 Å². The van der Waals surface area contributed by atoms with Crippen LogP contribution < -0.4 is 30.2 Å². The number of furan rings is 3. The lowest BCUT2D eigenvalue weighted by molar-refractivity contribution is -0.271. The number of benzene rings is 3. The van der Waals surface area contributed by atoms with Crippen molar-refractivity contribution < 1.29 is 65.5 Å². The van der Waals surface area contributed by atoms with Crippen molar-refractivity contribution in [2.75, 3.05) is 19.8 Å². The number of aliphatic hydroxyl groups excluding tert-OH is 1. The maximum absolute atomic E-state index is 12.2. The normalized spacial score (nSPS) is 19.5. The quantitative estimate of drug-likeness (QED) is 0.105. The fourth-order valence-electron chi connectivity index (χ4n) is 7.95. The van der Waals surface area contributed by atoms with E-state index in [2.05, 4.69) is 0 Å². The third kappa shape index (κ3) is 7.36. The van der Waals surface area contributed by atoms with E-state index in [0.717, 1.165) is 5.39 Å². The van der Waals surface area contributed by atoms with Gasteiger partial charge in [-0.25, -0.2) is 9.59 Å². The Morgan fingerprint density at radius 3 is 1.81 bits per heavy atom. The van der Waals surface area contributed by atoms with Crippen LogP contribution in [0.3, 0.4) is 0 Å². The van der Waals surface area contributed by atoms with Gasteiger partial charge in [-0.05, 0) is 96.1 Å². The molecule has 1 saturated heterocycles. The molecular formula is C48H44O16. The van der Waals surface area contributed by atoms with Crippen LogP contribution in [0.2, 0.25) is 0 Å². The van der Waals surface area contributed by atoms with Crippen molar-refractivity contribution in [3.63, 3.8) is 0 Å². The lowest BCUT2D eigenvalue weighted by Crippen LogP contribution is -2.52. The lowest BCUT2D eigenvalue weighted by Gasteiger charge is -2.39. The SMILES string of the molecule is CC(C)(O)[C@@H](COc1c2c(cc3ccoc13)C=C[C@]1(O2)O[C@H](COc2c3occc3cc3ccc(=O)oc23)C(C)(C)O1)OC(C)(C)[C@H](O)COc1c2occc2cc2ccc(=O)oc12. The first-order valence-electron chi connectivity index (χ1n) is 20.6. The van der Waals surface area contributed by atoms with E-state index in [9.17, 15) is 19.8 Å². The van der Waals surface area contributed by atoms with Crippen LogP contribution in [0.25, 0.3) is 60.9 Å². The van der Waals surface area contributed by atoms with Gasteiger partial charge in [0, 0.05) is 50.7 Å². The van der Waals surface area contributed by atoms with Gasteiger partial charge in [0.1, 0.15) is 38.1 Å². The largest absolute Gasteiger partial charge is 0.483 e. The molecule has 2 aliphatic heterocycles. The van der Waals surface area contributed by atoms with Crippen LogP contribution in [-0.2, 0) is 14.2 Å². The van der Waals surface area contributed by atoms with Crippen molar-refractivity contribution in [1.29, 1.82) is 0 Å². The summed E-state index contributed by atoms with van der Waals surface area (Å²) < 4.78 is 73.4. The Morgan fingerprint density at radius 2 is 1.22 bits per heavy atom. The van der Waals surface area contributed by atoms with Crippen LogP contribution in [0.15, 0.2) is 117 Å². The topological polar surface area (TPSA) is 205 Å². The smallest absolute Gasteiger partial charge is 0.350 e. The predicted octanol–water partition coefficient (Wildman–Crippen LogP) is 8.22. The summed E-state index contributed by atoms with van der Waals surface area (Å²) >= 11 is 0. The zero-order chi connectivity index (χ0) is 44.8. The Morgan fingerprint density at radius 1 is 0.688 bits per heavy atom. The molecule has 1 fully saturated rings. The van der Waals surface area contributed by atoms with Crippen molar-refractivity contribution in [2.24, 2.45) is 0 Å². The van der Waals surface area contributed by atoms with Crippen molar-refractivity contribution in [3.05, 3.63) is 112 Å². The summed E-state index contributed by atoms with van der Waals surface area (Å²) in [5.41, 5.74) is -2.77. The Labute approximate surface area is 363 Å². The second kappa shape index (κ2) is 15.0. The van der Waals surface area contributed by atoms with Crippen molar-refractivity contribution in [3.8, 4) is 23.0 Å². The van der Waals surface area contributed by atoms with E-state index >= 15 is 0 Å². The van der Waals surface area contributed by atoms with Crippen LogP contribution in [0.1, 0.15) is 47.1 Å². The van der Waals surface area contributed by atoms with E-state index in [1.165, 1.54) is 30.9 Å². The minimum atomic E-state index is -1.74. The fourth-order valence-corrected chi connectivity index (χ4v) is 7.95. The molecule has 8 aromatic rings. The Hall–Kier alpha value is -6.56. The summed E-state index contributed by atoms with van der Waals surface area (Å²) in [5, 5.41) is 26.5. The van der Waals surface area contributed by atoms with Gasteiger partial charge in [-0.1, -0.05) is 0 Å². The summed E-state index contributed by atoms with van der Waals surface area (Å²) in [6.45, 7) is 9.54. The minimum absolute atomic E-state index is 0.0459. The summed E-state index contributed by atoms with van der Waals surface area (Å²) in [6, 6.07) is 16.8. The van der Waals surface area contributed by atoms with E-state index in [1.54, 1.807) is 76.2 Å². The fraction of sp³-hybridized carbons (Fsp3) is 0.333. The lowest BCUT2D eigenvalue weighted by atomic mass is 9.97. The van der Waals surface area contributed by atoms with Crippen LogP contribution >= 0.6 is 0 Å². The molecular weight excluding hydrogens is 833 g/mol. The van der Waals surface area contributed by atoms with Crippen LogP contribution in [-0.4, -0.2) is 71.1 Å². The molecule has 0 bridgehead atoms. The second-order valence-corrected chi connectivity index (χ2v) is 17.6. The van der Waals surface area contributed by atoms with Gasteiger partial charge in [0.15, 0.2) is 33.7 Å². The summed E-state index contributed by atoms with van der Waals surface area (Å²) in [5.74, 6) is -0.901. The van der Waals surface area contributed by atoms with Gasteiger partial charge in [0.05, 0.1) is 35.6 Å². The highest BCUT2D eigenvalue weighted by molar-refractivity contribution is 6.01. The van der Waals surface area contributed by atoms with E-state index in [4.69, 9.17) is 55.2 Å². The molecule has 332 valence electrons. The highest BCUT2D eigenvalue weighted by Gasteiger charge is 2.55. The standard InChI is InChI=1S/C48H44O16/c1-45(2,52)32(61-46(3,4)31(49)22-56-42-36-28(12-16-53-36)19-25-7-9-34(50)59-39(25)42)23-57-44-38-30(14-18-55-38)21-27-11-15-48(63-41(27)44)62-33(47(5,6)64-48)24-58-43-37-29(13-17-54-37)20-26-8-10-35(51)60-40(26)43/h7-21,31-33,49,52H,22-24H2,1-6H3/t31-,32-,33-,48-/m1/s1. The predicted molar refractivity (Wildman–Crippen MR) is 231 cm³/mol. The second-order valence-electron chi connectivity index (χ2n) is 17.6. The van der Waals surface area contributed by atoms with Gasteiger partial charge < -0.3 is 65.5 Å². The molecule has 16 nitrogen and oxygen atoms in total. The molecule has 0 radical (unpaired) electrons. The average molecular weight is 877 g/mol. The number of rotatable bonds is 13. The third-order valence-corrected chi connectivity index (χ3v) is 11.6. The molecule has 64 heavy (non-hydrogen) atoms. The maximum Gasteiger partial charge on any atom is 0.350 e. The molecule has 4 atom stereocenters. The molecule has 0 unspecified atom stereocenters. The average Bonchev–Trinajstić information content (AvgIpc) is 4.06. The molecule has 2 N–H and O–H groups in total. The summed E-state index contributed by atoms with van der Waals surface area (Å²) in [6.07, 6.45) is 4.96. The molecule has 7 heterocycles. The molecule has 0 saturated carbocycles. The number of hydrogen-bond acceptors (Lipinski definition) is 16. The number of ether oxygens (including phenoxy) is 7. The highest BCUT2D eigenvalue weighted by atomic mass is 16.9. The van der Waals surface area contributed by atoms with Crippen LogP contribution in [0.4, 0.5) is 0 Å². The molecule has 0 aliphatic carbocycles. The first-order valence-corrected chi connectivity index (χ1v) is 20.6. The van der Waals surface area contributed by atoms with E-state index < -0.39 is 52.3 Å². The van der Waals surface area contributed by atoms with Gasteiger partial charge in [0.2, 0.25) is 17.2 Å². The third-order valence-electron chi connectivity index (χ3n) is 11.6. The summed E-state index contributed by atoms with van der Waals surface area (Å²) in [4.78, 5) is 24.4. The molecule has 1 spiro atoms. The Kier molecular flexibility index (Phi) is 9.73. The maximum atomic E-state index is 12.2. The van der Waals surface area contributed by atoms with Crippen LogP contribution in [0, 0.1) is 0 Å². The van der Waals surface area contributed by atoms with Gasteiger partial charge >= 0.3 is 17.2 Å². The number of fused-ring (bicyclic) bond motifs is 6. The van der Waals surface area contributed by atoms with Gasteiger partial charge in [0.25, 0.3) is 0 Å². The van der Waals surface area contributed by atoms with E-state index in [1.807, 2.05) is 26.0 Å². The monoisotopic (exact) mass is 876 g/mol. The van der Waals surface area contributed by atoms with Crippen molar-refractivity contribution in [2.45, 2.75) is 82.6 Å². The zero-order valence-electron chi connectivity index (χ0n) is 35.6. The molecule has 3 aromatic carbocycles. The van der Waals surface area contributed by atoms with E-state index in [0.29, 0.717) is 43.9 Å². The Bertz CT molecular complexity index is 3220. The van der Waals surface area contributed by atoms with E-state index in [-0.39, 0.29) is 54.0 Å². The molecule has 2 aliphatic rings. The first kappa shape index (κ1) is 41.5. The highest BCUT2D eigenvalue weighted by Crippen LogP contribution is 2.49. The molecule has 10 rings (SSSR count). The van der Waals surface area contributed by atoms with Gasteiger partial charge in [-0.15, -0.1) is 0 Å². The zero-order valence-corrected chi connectivity index (χ0v) is 35.6. The minimum Gasteiger partial charge on any atom is -0.483 e. The number of aliphatic hydroxyl groups is 2. The molecule has 16 heteroatoms. The molecule has 5 aromatic heterocycles. The van der Waals surface area contributed by atoms with Gasteiger partial charge in [-0.3, -0.25) is 0 Å². The van der Waals surface area contributed by atoms with Crippen LogP contribution in [0.5, 0.6) is 23.0 Å². The number of hydrogen-bond donors (Lipinski definition) is 2. The van der Waals surface area contributed by atoms with Crippen molar-refractivity contribution >= 4 is 60.9 Å². The summed E-state index contributed by atoms with van der Waals surface area (Å²) in [7, 11) is 0.